The van der Waals surface area contributed by atoms with Crippen molar-refractivity contribution in [3.8, 4) is 0 Å². The highest BCUT2D eigenvalue weighted by atomic mass is 32.2. The molecule has 0 radical (unpaired) electrons. The number of thioether (sulfide) groups is 1. The summed E-state index contributed by atoms with van der Waals surface area (Å²) in [5.74, 6) is 0.415. The maximum atomic E-state index is 10.8. The van der Waals surface area contributed by atoms with Gasteiger partial charge in [0, 0.05) is 11.1 Å². The molecule has 3 rings (SSSR count). The molecule has 19 heavy (non-hydrogen) atoms. The van der Waals surface area contributed by atoms with E-state index < -0.39 is 5.97 Å². The van der Waals surface area contributed by atoms with Gasteiger partial charge in [0.15, 0.2) is 5.82 Å². The quantitative estimate of drug-likeness (QED) is 0.825. The van der Waals surface area contributed by atoms with Crippen molar-refractivity contribution >= 4 is 17.7 Å². The van der Waals surface area contributed by atoms with Gasteiger partial charge < -0.3 is 5.11 Å². The van der Waals surface area contributed by atoms with Crippen LogP contribution in [0.1, 0.15) is 35.2 Å². The molecule has 1 aliphatic carbocycles. The van der Waals surface area contributed by atoms with Crippen molar-refractivity contribution in [1.82, 2.24) is 25.2 Å². The topological polar surface area (TPSA) is 93.8 Å². The van der Waals surface area contributed by atoms with Gasteiger partial charge in [-0.3, -0.25) is 0 Å². The van der Waals surface area contributed by atoms with Gasteiger partial charge in [0.2, 0.25) is 0 Å². The number of carboxylic acids is 1. The molecule has 0 amide bonds. The highest BCUT2D eigenvalue weighted by molar-refractivity contribution is 7.98. The van der Waals surface area contributed by atoms with Crippen LogP contribution < -0.4 is 0 Å². The van der Waals surface area contributed by atoms with Crippen LogP contribution in [0.3, 0.4) is 0 Å². The highest BCUT2D eigenvalue weighted by Crippen LogP contribution is 2.35. The number of aromatic nitrogens is 5. The molecule has 1 aliphatic rings. The zero-order valence-electron chi connectivity index (χ0n) is 9.93. The van der Waals surface area contributed by atoms with Gasteiger partial charge in [0.25, 0.3) is 0 Å². The van der Waals surface area contributed by atoms with E-state index in [0.717, 1.165) is 23.6 Å². The van der Waals surface area contributed by atoms with Crippen LogP contribution >= 0.6 is 11.8 Å². The van der Waals surface area contributed by atoms with Crippen LogP contribution in [0.4, 0.5) is 0 Å². The molecule has 0 aliphatic heterocycles. The van der Waals surface area contributed by atoms with Crippen LogP contribution in [-0.4, -0.2) is 36.3 Å². The summed E-state index contributed by atoms with van der Waals surface area (Å²) in [7, 11) is 0. The molecule has 1 fully saturated rings. The standard InChI is InChI=1S/C11H11N5O2S/c17-11(18)9-5-8(3-4-12-9)19-6-10-13-14-15-16(10)7-1-2-7/h3-5,7H,1-2,6H2,(H,17,18). The van der Waals surface area contributed by atoms with Crippen molar-refractivity contribution in [2.45, 2.75) is 29.5 Å². The molecule has 7 nitrogen and oxygen atoms in total. The Labute approximate surface area is 113 Å². The van der Waals surface area contributed by atoms with Crippen molar-refractivity contribution in [2.24, 2.45) is 0 Å². The molecule has 1 N–H and O–H groups in total. The van der Waals surface area contributed by atoms with E-state index in [2.05, 4.69) is 20.5 Å². The first-order valence-corrected chi connectivity index (χ1v) is 6.81. The molecule has 2 aromatic heterocycles. The largest absolute Gasteiger partial charge is 0.477 e. The molecule has 0 spiro atoms. The van der Waals surface area contributed by atoms with Gasteiger partial charge >= 0.3 is 5.97 Å². The summed E-state index contributed by atoms with van der Waals surface area (Å²) < 4.78 is 1.85. The molecule has 0 unspecified atom stereocenters. The Bertz CT molecular complexity index is 611. The van der Waals surface area contributed by atoms with E-state index >= 15 is 0 Å². The third-order valence-corrected chi connectivity index (χ3v) is 3.76. The zero-order valence-corrected chi connectivity index (χ0v) is 10.7. The van der Waals surface area contributed by atoms with Crippen LogP contribution in [-0.2, 0) is 5.75 Å². The van der Waals surface area contributed by atoms with E-state index in [4.69, 9.17) is 5.11 Å². The predicted octanol–water partition coefficient (Wildman–Crippen LogP) is 1.39. The molecular weight excluding hydrogens is 266 g/mol. The lowest BCUT2D eigenvalue weighted by atomic mass is 10.3. The fourth-order valence-corrected chi connectivity index (χ4v) is 2.51. The second-order valence-corrected chi connectivity index (χ2v) is 5.29. The number of aromatic carboxylic acids is 1. The normalized spacial score (nSPS) is 14.5. The van der Waals surface area contributed by atoms with E-state index in [1.165, 1.54) is 18.0 Å². The van der Waals surface area contributed by atoms with Gasteiger partial charge in [-0.05, 0) is 35.4 Å². The van der Waals surface area contributed by atoms with Crippen LogP contribution in [0, 0.1) is 0 Å². The highest BCUT2D eigenvalue weighted by Gasteiger charge is 2.27. The average Bonchev–Trinajstić information content (AvgIpc) is 3.16. The van der Waals surface area contributed by atoms with Crippen molar-refractivity contribution in [3.05, 3.63) is 29.8 Å². The lowest BCUT2D eigenvalue weighted by Crippen LogP contribution is -2.02. The number of rotatable bonds is 5. The number of carbonyl (C=O) groups is 1. The lowest BCUT2D eigenvalue weighted by Gasteiger charge is -2.03. The van der Waals surface area contributed by atoms with Gasteiger partial charge in [-0.2, -0.15) is 0 Å². The number of pyridine rings is 1. The Morgan fingerprint density at radius 3 is 3.11 bits per heavy atom. The third kappa shape index (κ3) is 2.73. The third-order valence-electron chi connectivity index (χ3n) is 2.77. The van der Waals surface area contributed by atoms with Crippen molar-refractivity contribution < 1.29 is 9.90 Å². The lowest BCUT2D eigenvalue weighted by molar-refractivity contribution is 0.0690. The second-order valence-electron chi connectivity index (χ2n) is 4.24. The fourth-order valence-electron chi connectivity index (χ4n) is 1.68. The summed E-state index contributed by atoms with van der Waals surface area (Å²) in [5, 5.41) is 20.5. The van der Waals surface area contributed by atoms with Crippen LogP contribution in [0.15, 0.2) is 23.2 Å². The maximum absolute atomic E-state index is 10.8. The van der Waals surface area contributed by atoms with Crippen LogP contribution in [0.25, 0.3) is 0 Å². The van der Waals surface area contributed by atoms with Gasteiger partial charge in [-0.15, -0.1) is 16.9 Å². The zero-order chi connectivity index (χ0) is 13.2. The van der Waals surface area contributed by atoms with E-state index in [-0.39, 0.29) is 5.69 Å². The number of tetrazole rings is 1. The fraction of sp³-hybridized carbons (Fsp3) is 0.364. The van der Waals surface area contributed by atoms with Gasteiger partial charge in [-0.1, -0.05) is 0 Å². The summed E-state index contributed by atoms with van der Waals surface area (Å²) in [6.07, 6.45) is 3.75. The van der Waals surface area contributed by atoms with Gasteiger partial charge in [-0.25, -0.2) is 14.5 Å². The molecule has 0 aromatic carbocycles. The molecule has 8 heteroatoms. The molecule has 2 heterocycles. The summed E-state index contributed by atoms with van der Waals surface area (Å²) in [5.41, 5.74) is 0.0479. The molecule has 0 saturated heterocycles. The minimum Gasteiger partial charge on any atom is -0.477 e. The number of hydrogen-bond acceptors (Lipinski definition) is 6. The molecule has 0 atom stereocenters. The Morgan fingerprint density at radius 2 is 2.37 bits per heavy atom. The average molecular weight is 277 g/mol. The maximum Gasteiger partial charge on any atom is 0.354 e. The predicted molar refractivity (Wildman–Crippen MR) is 66.8 cm³/mol. The number of hydrogen-bond donors (Lipinski definition) is 1. The molecule has 98 valence electrons. The smallest absolute Gasteiger partial charge is 0.354 e. The van der Waals surface area contributed by atoms with E-state index in [9.17, 15) is 4.79 Å². The number of nitrogens with zero attached hydrogens (tertiary/aromatic N) is 5. The first-order chi connectivity index (χ1) is 9.24. The summed E-state index contributed by atoms with van der Waals surface area (Å²) in [6, 6.07) is 3.78. The van der Waals surface area contributed by atoms with Crippen molar-refractivity contribution in [2.75, 3.05) is 0 Å². The van der Waals surface area contributed by atoms with Crippen LogP contribution in [0.5, 0.6) is 0 Å². The minimum absolute atomic E-state index is 0.0479. The SMILES string of the molecule is O=C(O)c1cc(SCc2nnnn2C2CC2)ccn1. The minimum atomic E-state index is -1.02. The molecule has 2 aromatic rings. The molecular formula is C11H11N5O2S. The molecule has 1 saturated carbocycles. The first-order valence-electron chi connectivity index (χ1n) is 5.83. The van der Waals surface area contributed by atoms with Crippen molar-refractivity contribution in [3.63, 3.8) is 0 Å². The second kappa shape index (κ2) is 4.96. The van der Waals surface area contributed by atoms with E-state index in [1.807, 2.05) is 4.68 Å². The summed E-state index contributed by atoms with van der Waals surface area (Å²) >= 11 is 1.50. The molecule has 0 bridgehead atoms. The van der Waals surface area contributed by atoms with E-state index in [0.29, 0.717) is 11.8 Å². The number of carboxylic acid groups (broad SMARTS) is 1. The van der Waals surface area contributed by atoms with Crippen LogP contribution in [0.2, 0.25) is 0 Å². The monoisotopic (exact) mass is 277 g/mol. The Kier molecular flexibility index (Phi) is 3.16. The summed E-state index contributed by atoms with van der Waals surface area (Å²) in [4.78, 5) is 15.5. The van der Waals surface area contributed by atoms with Gasteiger partial charge in [0.05, 0.1) is 11.8 Å². The van der Waals surface area contributed by atoms with Crippen molar-refractivity contribution in [1.29, 1.82) is 0 Å². The Hall–Kier alpha value is -1.96. The Balaban J connectivity index is 1.70. The van der Waals surface area contributed by atoms with Gasteiger partial charge in [0.1, 0.15) is 5.69 Å². The van der Waals surface area contributed by atoms with E-state index in [1.54, 1.807) is 12.1 Å². The first kappa shape index (κ1) is 12.1. The Morgan fingerprint density at radius 1 is 1.53 bits per heavy atom. The summed E-state index contributed by atoms with van der Waals surface area (Å²) in [6.45, 7) is 0.